The highest BCUT2D eigenvalue weighted by molar-refractivity contribution is 5.59. The lowest BCUT2D eigenvalue weighted by Crippen LogP contribution is -2.04. The molecule has 2 rings (SSSR count). The number of hydrogen-bond donors (Lipinski definition) is 1. The van der Waals surface area contributed by atoms with E-state index in [2.05, 4.69) is 10.4 Å². The van der Waals surface area contributed by atoms with Gasteiger partial charge in [-0.2, -0.15) is 5.10 Å². The summed E-state index contributed by atoms with van der Waals surface area (Å²) in [6, 6.07) is 2.12. The Kier molecular flexibility index (Phi) is 4.06. The second-order valence-electron chi connectivity index (χ2n) is 4.49. The Bertz CT molecular complexity index is 684. The van der Waals surface area contributed by atoms with Crippen molar-refractivity contribution in [2.24, 2.45) is 7.05 Å². The zero-order valence-electron chi connectivity index (χ0n) is 11.9. The van der Waals surface area contributed by atoms with Crippen molar-refractivity contribution in [2.75, 3.05) is 12.4 Å². The van der Waals surface area contributed by atoms with E-state index in [0.29, 0.717) is 6.54 Å². The summed E-state index contributed by atoms with van der Waals surface area (Å²) in [5.74, 6) is -0.698. The van der Waals surface area contributed by atoms with Gasteiger partial charge < -0.3 is 10.1 Å². The van der Waals surface area contributed by atoms with E-state index in [9.17, 15) is 14.5 Å². The number of anilines is 1. The van der Waals surface area contributed by atoms with Gasteiger partial charge in [-0.05, 0) is 6.92 Å². The lowest BCUT2D eigenvalue weighted by molar-refractivity contribution is -0.385. The Morgan fingerprint density at radius 1 is 1.52 bits per heavy atom. The molecule has 1 N–H and O–H groups in total. The number of hydrogen-bond acceptors (Lipinski definition) is 5. The maximum Gasteiger partial charge on any atom is 0.313 e. The minimum atomic E-state index is -0.705. The third-order valence-electron chi connectivity index (χ3n) is 3.27. The van der Waals surface area contributed by atoms with Crippen molar-refractivity contribution in [1.29, 1.82) is 0 Å². The van der Waals surface area contributed by atoms with Crippen LogP contribution in [0.15, 0.2) is 18.3 Å². The van der Waals surface area contributed by atoms with Crippen LogP contribution in [0.4, 0.5) is 15.8 Å². The molecule has 0 saturated carbocycles. The van der Waals surface area contributed by atoms with Crippen molar-refractivity contribution in [1.82, 2.24) is 9.78 Å². The van der Waals surface area contributed by atoms with Crippen molar-refractivity contribution in [3.05, 3.63) is 45.5 Å². The number of aromatic nitrogens is 2. The van der Waals surface area contributed by atoms with Gasteiger partial charge in [0.1, 0.15) is 0 Å². The number of nitro groups is 1. The summed E-state index contributed by atoms with van der Waals surface area (Å²) in [5.41, 5.74) is 1.60. The first-order chi connectivity index (χ1) is 9.93. The van der Waals surface area contributed by atoms with E-state index in [1.807, 2.05) is 14.0 Å². The van der Waals surface area contributed by atoms with Gasteiger partial charge in [0.15, 0.2) is 11.6 Å². The number of ether oxygens (including phenoxy) is 1. The number of halogens is 1. The number of nitrogens with one attached hydrogen (secondary N) is 1. The summed E-state index contributed by atoms with van der Waals surface area (Å²) < 4.78 is 20.5. The molecule has 7 nitrogen and oxygen atoms in total. The maximum atomic E-state index is 13.9. The predicted octanol–water partition coefficient (Wildman–Crippen LogP) is 2.40. The Hall–Kier alpha value is -2.64. The van der Waals surface area contributed by atoms with Crippen LogP contribution < -0.4 is 10.1 Å². The molecule has 1 aromatic heterocycles. The molecule has 1 heterocycles. The molecule has 0 fully saturated rings. The van der Waals surface area contributed by atoms with Gasteiger partial charge in [0.05, 0.1) is 30.0 Å². The van der Waals surface area contributed by atoms with Crippen LogP contribution >= 0.6 is 0 Å². The molecule has 0 aliphatic heterocycles. The molecule has 0 bridgehead atoms. The van der Waals surface area contributed by atoms with E-state index in [4.69, 9.17) is 4.74 Å². The van der Waals surface area contributed by atoms with Crippen molar-refractivity contribution < 1.29 is 14.1 Å². The summed E-state index contributed by atoms with van der Waals surface area (Å²) >= 11 is 0. The van der Waals surface area contributed by atoms with Gasteiger partial charge in [-0.1, -0.05) is 0 Å². The Labute approximate surface area is 120 Å². The van der Waals surface area contributed by atoms with Crippen LogP contribution in [0.3, 0.4) is 0 Å². The highest BCUT2D eigenvalue weighted by Crippen LogP contribution is 2.32. The number of rotatable bonds is 5. The first kappa shape index (κ1) is 14.8. The fourth-order valence-electron chi connectivity index (χ4n) is 1.89. The average Bonchev–Trinajstić information content (AvgIpc) is 2.77. The van der Waals surface area contributed by atoms with Crippen LogP contribution in [-0.2, 0) is 13.6 Å². The van der Waals surface area contributed by atoms with Gasteiger partial charge in [-0.3, -0.25) is 14.8 Å². The Morgan fingerprint density at radius 2 is 2.24 bits per heavy atom. The van der Waals surface area contributed by atoms with Crippen LogP contribution in [0, 0.1) is 22.9 Å². The van der Waals surface area contributed by atoms with Crippen molar-refractivity contribution in [3.8, 4) is 5.75 Å². The summed E-state index contributed by atoms with van der Waals surface area (Å²) in [4.78, 5) is 10.1. The number of methoxy groups -OCH3 is 1. The lowest BCUT2D eigenvalue weighted by atomic mass is 10.2. The molecule has 112 valence electrons. The van der Waals surface area contributed by atoms with Crippen LogP contribution in [0.2, 0.25) is 0 Å². The van der Waals surface area contributed by atoms with E-state index < -0.39 is 16.4 Å². The smallest absolute Gasteiger partial charge is 0.313 e. The Morgan fingerprint density at radius 3 is 2.76 bits per heavy atom. The van der Waals surface area contributed by atoms with Crippen molar-refractivity contribution >= 4 is 11.4 Å². The molecule has 0 radical (unpaired) electrons. The Balaban J connectivity index is 2.24. The molecule has 1 aromatic carbocycles. The van der Waals surface area contributed by atoms with E-state index in [0.717, 1.165) is 17.3 Å². The summed E-state index contributed by atoms with van der Waals surface area (Å²) in [5, 5.41) is 17.8. The molecule has 0 saturated heterocycles. The average molecular weight is 294 g/mol. The first-order valence-electron chi connectivity index (χ1n) is 6.17. The topological polar surface area (TPSA) is 82.2 Å². The van der Waals surface area contributed by atoms with Gasteiger partial charge >= 0.3 is 5.69 Å². The van der Waals surface area contributed by atoms with Gasteiger partial charge in [0.25, 0.3) is 0 Å². The number of nitrogens with zero attached hydrogens (tertiary/aromatic N) is 3. The minimum absolute atomic E-state index is 0.00630. The molecule has 0 spiro atoms. The fraction of sp³-hybridized carbons (Fsp3) is 0.308. The second-order valence-corrected chi connectivity index (χ2v) is 4.49. The lowest BCUT2D eigenvalue weighted by Gasteiger charge is -2.09. The van der Waals surface area contributed by atoms with Crippen LogP contribution in [-0.4, -0.2) is 21.8 Å². The SMILES string of the molecule is COc1cc(NCc2cnn(C)c2C)c(F)cc1[N+](=O)[O-]. The van der Waals surface area contributed by atoms with Crippen LogP contribution in [0.1, 0.15) is 11.3 Å². The molecular weight excluding hydrogens is 279 g/mol. The molecule has 0 atom stereocenters. The first-order valence-corrected chi connectivity index (χ1v) is 6.17. The highest BCUT2D eigenvalue weighted by atomic mass is 19.1. The monoisotopic (exact) mass is 294 g/mol. The molecule has 8 heteroatoms. The van der Waals surface area contributed by atoms with E-state index in [1.54, 1.807) is 10.9 Å². The van der Waals surface area contributed by atoms with Crippen LogP contribution in [0.5, 0.6) is 5.75 Å². The molecule has 21 heavy (non-hydrogen) atoms. The largest absolute Gasteiger partial charge is 0.490 e. The molecule has 0 unspecified atom stereocenters. The highest BCUT2D eigenvalue weighted by Gasteiger charge is 2.19. The number of benzene rings is 1. The zero-order chi connectivity index (χ0) is 15.6. The summed E-state index contributed by atoms with van der Waals surface area (Å²) in [7, 11) is 3.11. The van der Waals surface area contributed by atoms with E-state index in [1.165, 1.54) is 13.2 Å². The summed E-state index contributed by atoms with van der Waals surface area (Å²) in [6.45, 7) is 2.26. The minimum Gasteiger partial charge on any atom is -0.490 e. The molecular formula is C13H15FN4O3. The molecule has 0 amide bonds. The predicted molar refractivity (Wildman–Crippen MR) is 74.9 cm³/mol. The second kappa shape index (κ2) is 5.78. The molecule has 0 aliphatic rings. The third kappa shape index (κ3) is 2.93. The number of aryl methyl sites for hydroxylation is 1. The van der Waals surface area contributed by atoms with Crippen molar-refractivity contribution in [3.63, 3.8) is 0 Å². The normalized spacial score (nSPS) is 10.5. The van der Waals surface area contributed by atoms with Gasteiger partial charge in [-0.15, -0.1) is 0 Å². The molecule has 0 aliphatic carbocycles. The number of nitro benzene ring substituents is 1. The van der Waals surface area contributed by atoms with Crippen LogP contribution in [0.25, 0.3) is 0 Å². The standard InChI is InChI=1S/C13H15FN4O3/c1-8-9(7-16-17(8)2)6-15-11-5-13(21-3)12(18(19)20)4-10(11)14/h4-5,7,15H,6H2,1-3H3. The van der Waals surface area contributed by atoms with E-state index in [-0.39, 0.29) is 11.4 Å². The summed E-state index contributed by atoms with van der Waals surface area (Å²) in [6.07, 6.45) is 1.68. The fourth-order valence-corrected chi connectivity index (χ4v) is 1.89. The van der Waals surface area contributed by atoms with Gasteiger partial charge in [0.2, 0.25) is 0 Å². The van der Waals surface area contributed by atoms with Gasteiger partial charge in [0, 0.05) is 30.9 Å². The molecule has 2 aromatic rings. The quantitative estimate of drug-likeness (QED) is 0.676. The van der Waals surface area contributed by atoms with Gasteiger partial charge in [-0.25, -0.2) is 4.39 Å². The maximum absolute atomic E-state index is 13.9. The van der Waals surface area contributed by atoms with Crippen molar-refractivity contribution in [2.45, 2.75) is 13.5 Å². The zero-order valence-corrected chi connectivity index (χ0v) is 11.9. The van der Waals surface area contributed by atoms with E-state index >= 15 is 0 Å². The third-order valence-corrected chi connectivity index (χ3v) is 3.27.